The smallest absolute Gasteiger partial charge is 0.339 e. The van der Waals surface area contributed by atoms with Gasteiger partial charge in [0.1, 0.15) is 5.02 Å². The Bertz CT molecular complexity index is 2090. The van der Waals surface area contributed by atoms with Crippen LogP contribution in [0, 0.1) is 0 Å². The number of aryl methyl sites for hydroxylation is 2. The molecule has 0 spiro atoms. The van der Waals surface area contributed by atoms with Crippen LogP contribution >= 0.6 is 11.6 Å². The number of ketones is 2. The summed E-state index contributed by atoms with van der Waals surface area (Å²) in [6, 6.07) is 26.4. The summed E-state index contributed by atoms with van der Waals surface area (Å²) in [5, 5.41) is 10.5. The Morgan fingerprint density at radius 2 is 1.39 bits per heavy atom. The summed E-state index contributed by atoms with van der Waals surface area (Å²) in [6.45, 7) is 0. The van der Waals surface area contributed by atoms with Gasteiger partial charge in [-0.1, -0.05) is 54.1 Å². The standard InChI is InChI=1S/C28H22ClN7.C4F6O2.C2HF3O/c29-23-17-31-28-33-21-8-4-5-18(15-21)9-10-20-16-22(32-26(23)36-28)11-12-24(20)34-27-30-14-13-25(35-27)19-6-2-1-3-7-19;5-3(6,7)1(11)2(12)4(8,9)10;3-2(4,5)1-6/h1-8,11-17H,9-10H2,(H,30,34,35)(H2,31,32,33,36);;1H. The van der Waals surface area contributed by atoms with Crippen molar-refractivity contribution >= 4 is 64.2 Å². The number of hydrogen-bond acceptors (Lipinski definition) is 10. The molecule has 0 unspecified atom stereocenters. The van der Waals surface area contributed by atoms with Crippen LogP contribution in [0.5, 0.6) is 0 Å². The lowest BCUT2D eigenvalue weighted by Gasteiger charge is -2.15. The number of Topliss-reactive ketones (excluding diaryl/α,β-unsaturated/α-hetero) is 2. The second-order valence-corrected chi connectivity index (χ2v) is 11.2. The van der Waals surface area contributed by atoms with Crippen molar-refractivity contribution in [3.63, 3.8) is 0 Å². The zero-order valence-electron chi connectivity index (χ0n) is 26.9. The average molecular weight is 784 g/mol. The maximum atomic E-state index is 11.2. The van der Waals surface area contributed by atoms with E-state index in [-0.39, 0.29) is 0 Å². The number of nitrogens with one attached hydrogen (secondary N) is 3. The van der Waals surface area contributed by atoms with Gasteiger partial charge in [0.2, 0.25) is 18.2 Å². The highest BCUT2D eigenvalue weighted by molar-refractivity contribution is 6.41. The quantitative estimate of drug-likeness (QED) is 0.0920. The van der Waals surface area contributed by atoms with Crippen molar-refractivity contribution in [2.24, 2.45) is 0 Å². The Labute approximate surface area is 303 Å². The van der Waals surface area contributed by atoms with E-state index in [0.717, 1.165) is 46.7 Å². The van der Waals surface area contributed by atoms with Crippen molar-refractivity contribution in [1.29, 1.82) is 0 Å². The zero-order valence-corrected chi connectivity index (χ0v) is 27.7. The van der Waals surface area contributed by atoms with E-state index in [4.69, 9.17) is 21.4 Å². The third-order valence-corrected chi connectivity index (χ3v) is 7.08. The molecule has 0 fully saturated rings. The van der Waals surface area contributed by atoms with Gasteiger partial charge in [-0.3, -0.25) is 14.4 Å². The van der Waals surface area contributed by atoms with Crippen molar-refractivity contribution in [2.75, 3.05) is 16.0 Å². The molecule has 0 amide bonds. The van der Waals surface area contributed by atoms with Gasteiger partial charge in [-0.25, -0.2) is 15.0 Å². The third-order valence-electron chi connectivity index (χ3n) is 6.80. The molecule has 3 N–H and O–H groups in total. The second kappa shape index (κ2) is 17.1. The molecule has 3 aromatic carbocycles. The van der Waals surface area contributed by atoms with Crippen LogP contribution in [0.25, 0.3) is 11.3 Å². The lowest BCUT2D eigenvalue weighted by molar-refractivity contribution is -0.193. The fourth-order valence-electron chi connectivity index (χ4n) is 4.43. The first-order valence-corrected chi connectivity index (χ1v) is 15.4. The van der Waals surface area contributed by atoms with E-state index in [9.17, 15) is 49.1 Å². The largest absolute Gasteiger partial charge is 0.458 e. The molecule has 1 aliphatic rings. The molecule has 5 aromatic rings. The van der Waals surface area contributed by atoms with Crippen molar-refractivity contribution in [2.45, 2.75) is 31.4 Å². The number of nitrogens with zero attached hydrogens (tertiary/aromatic N) is 4. The highest BCUT2D eigenvalue weighted by Crippen LogP contribution is 2.31. The summed E-state index contributed by atoms with van der Waals surface area (Å²) in [4.78, 5) is 46.0. The molecule has 1 aliphatic heterocycles. The van der Waals surface area contributed by atoms with E-state index < -0.39 is 36.4 Å². The van der Waals surface area contributed by atoms with E-state index in [1.54, 1.807) is 12.4 Å². The van der Waals surface area contributed by atoms with Crippen LogP contribution in [0.15, 0.2) is 91.3 Å². The molecule has 6 bridgehead atoms. The van der Waals surface area contributed by atoms with E-state index >= 15 is 0 Å². The number of aromatic nitrogens is 4. The van der Waals surface area contributed by atoms with Gasteiger partial charge < -0.3 is 16.0 Å². The Kier molecular flexibility index (Phi) is 12.9. The van der Waals surface area contributed by atoms with Gasteiger partial charge in [0.15, 0.2) is 5.82 Å². The number of benzene rings is 3. The fourth-order valence-corrected chi connectivity index (χ4v) is 4.57. The summed E-state index contributed by atoms with van der Waals surface area (Å²) < 4.78 is 98.2. The van der Waals surface area contributed by atoms with E-state index in [1.807, 2.05) is 60.7 Å². The number of rotatable bonds is 4. The lowest BCUT2D eigenvalue weighted by Crippen LogP contribution is -2.39. The summed E-state index contributed by atoms with van der Waals surface area (Å²) >= 11 is 6.39. The summed E-state index contributed by atoms with van der Waals surface area (Å²) in [5.41, 5.74) is 7.00. The molecule has 2 aromatic heterocycles. The topological polar surface area (TPSA) is 139 Å². The molecular formula is C34H23ClF9N7O3. The van der Waals surface area contributed by atoms with Gasteiger partial charge in [-0.05, 0) is 60.4 Å². The van der Waals surface area contributed by atoms with E-state index in [0.29, 0.717) is 22.7 Å². The molecule has 0 radical (unpaired) electrons. The lowest BCUT2D eigenvalue weighted by atomic mass is 10.0. The molecule has 6 rings (SSSR count). The first kappa shape index (κ1) is 40.7. The molecule has 0 saturated heterocycles. The molecule has 54 heavy (non-hydrogen) atoms. The average Bonchev–Trinajstić information content (AvgIpc) is 3.12. The fraction of sp³-hybridized carbons (Fsp3) is 0.147. The van der Waals surface area contributed by atoms with Crippen LogP contribution in [0.4, 0.5) is 74.3 Å². The van der Waals surface area contributed by atoms with Crippen LogP contribution in [-0.4, -0.2) is 56.3 Å². The van der Waals surface area contributed by atoms with Crippen molar-refractivity contribution in [3.8, 4) is 11.3 Å². The minimum Gasteiger partial charge on any atom is -0.339 e. The first-order chi connectivity index (χ1) is 25.3. The van der Waals surface area contributed by atoms with Gasteiger partial charge in [0.25, 0.3) is 0 Å². The van der Waals surface area contributed by atoms with Crippen LogP contribution in [0.2, 0.25) is 5.02 Å². The monoisotopic (exact) mass is 783 g/mol. The molecule has 282 valence electrons. The zero-order chi connectivity index (χ0) is 39.7. The van der Waals surface area contributed by atoms with Gasteiger partial charge in [0.05, 0.1) is 11.9 Å². The Morgan fingerprint density at radius 3 is 2.02 bits per heavy atom. The number of carbonyl (C=O) groups is 3. The Morgan fingerprint density at radius 1 is 0.741 bits per heavy atom. The van der Waals surface area contributed by atoms with Crippen molar-refractivity contribution in [1.82, 2.24) is 19.9 Å². The molecule has 0 saturated carbocycles. The highest BCUT2D eigenvalue weighted by atomic mass is 35.5. The molecule has 0 aliphatic carbocycles. The number of fused-ring (bicyclic) bond motifs is 6. The number of anilines is 6. The van der Waals surface area contributed by atoms with Gasteiger partial charge in [-0.2, -0.15) is 44.5 Å². The number of hydrogen-bond donors (Lipinski definition) is 3. The van der Waals surface area contributed by atoms with Crippen molar-refractivity contribution in [3.05, 3.63) is 107 Å². The third kappa shape index (κ3) is 12.0. The molecule has 3 heterocycles. The number of alkyl halides is 9. The van der Waals surface area contributed by atoms with Crippen LogP contribution in [-0.2, 0) is 27.2 Å². The van der Waals surface area contributed by atoms with E-state index in [1.165, 1.54) is 5.56 Å². The second-order valence-electron chi connectivity index (χ2n) is 10.8. The van der Waals surface area contributed by atoms with Crippen LogP contribution in [0.1, 0.15) is 11.1 Å². The molecule has 20 heteroatoms. The summed E-state index contributed by atoms with van der Waals surface area (Å²) in [5.74, 6) is -5.25. The van der Waals surface area contributed by atoms with Gasteiger partial charge in [0, 0.05) is 28.8 Å². The predicted molar refractivity (Wildman–Crippen MR) is 179 cm³/mol. The van der Waals surface area contributed by atoms with Crippen molar-refractivity contribution < 1.29 is 53.9 Å². The maximum Gasteiger partial charge on any atom is 0.458 e. The van der Waals surface area contributed by atoms with Gasteiger partial charge >= 0.3 is 30.1 Å². The van der Waals surface area contributed by atoms with Crippen LogP contribution < -0.4 is 16.0 Å². The predicted octanol–water partition coefficient (Wildman–Crippen LogP) is 8.91. The molecule has 0 atom stereocenters. The first-order valence-electron chi connectivity index (χ1n) is 15.0. The SMILES string of the molecule is Clc1cnc2nc1Nc1ccc(Nc3nccc(-c4ccccc4)n3)c(c1)CCc1cccc(c1)N2.O=C(C(=O)C(F)(F)F)C(F)(F)F.O=CC(F)(F)F. The minimum absolute atomic E-state index is 0.444. The number of aldehydes is 1. The summed E-state index contributed by atoms with van der Waals surface area (Å²) in [7, 11) is 0. The minimum atomic E-state index is -5.77. The normalized spacial score (nSPS) is 12.3. The molecular weight excluding hydrogens is 761 g/mol. The number of halogens is 10. The maximum absolute atomic E-state index is 11.2. The Hall–Kier alpha value is -6.11. The highest BCUT2D eigenvalue weighted by Gasteiger charge is 2.54. The number of carbonyl (C=O) groups excluding carboxylic acids is 3. The summed E-state index contributed by atoms with van der Waals surface area (Å²) in [6.07, 6.45) is -12.2. The van der Waals surface area contributed by atoms with E-state index in [2.05, 4.69) is 49.1 Å². The molecule has 10 nitrogen and oxygen atoms in total. The van der Waals surface area contributed by atoms with Gasteiger partial charge in [-0.15, -0.1) is 0 Å². The Balaban J connectivity index is 0.000000301. The van der Waals surface area contributed by atoms with Crippen LogP contribution in [0.3, 0.4) is 0 Å².